The fourth-order valence-corrected chi connectivity index (χ4v) is 0.453. The van der Waals surface area contributed by atoms with Gasteiger partial charge in [0.25, 0.3) is 0 Å². The van der Waals surface area contributed by atoms with E-state index < -0.39 is 0 Å². The third kappa shape index (κ3) is 6.95. The number of hydrogen-bond acceptors (Lipinski definition) is 3. The number of hydrogen-bond donors (Lipinski definition) is 2. The van der Waals surface area contributed by atoms with Gasteiger partial charge in [0.2, 0.25) is 0 Å². The lowest BCUT2D eigenvalue weighted by Crippen LogP contribution is -2.09. The van der Waals surface area contributed by atoms with Gasteiger partial charge in [-0.1, -0.05) is 11.6 Å². The van der Waals surface area contributed by atoms with E-state index in [2.05, 4.69) is 4.99 Å². The number of nitrogens with zero attached hydrogens (tertiary/aromatic N) is 2. The zero-order chi connectivity index (χ0) is 9.56. The number of halogens is 1. The number of rotatable bonds is 3. The van der Waals surface area contributed by atoms with Crippen molar-refractivity contribution < 1.29 is 0 Å². The molecule has 0 aromatic rings. The quantitative estimate of drug-likeness (QED) is 0.292. The fraction of sp³-hybridized carbons (Fsp3) is 0.286. The molecule has 68 valence electrons. The molecule has 4 nitrogen and oxygen atoms in total. The van der Waals surface area contributed by atoms with E-state index >= 15 is 0 Å². The van der Waals surface area contributed by atoms with E-state index in [1.54, 1.807) is 11.2 Å². The molecule has 0 radical (unpaired) electrons. The van der Waals surface area contributed by atoms with Gasteiger partial charge in [0.15, 0.2) is 0 Å². The minimum Gasteiger partial charge on any atom is -0.389 e. The highest BCUT2D eigenvalue weighted by Gasteiger charge is 1.82. The molecule has 0 saturated heterocycles. The summed E-state index contributed by atoms with van der Waals surface area (Å²) >= 11 is 5.36. The van der Waals surface area contributed by atoms with Crippen molar-refractivity contribution >= 4 is 17.9 Å². The van der Waals surface area contributed by atoms with Crippen LogP contribution in [-0.2, 0) is 0 Å². The summed E-state index contributed by atoms with van der Waals surface area (Å²) in [6, 6.07) is 0. The molecule has 0 aromatic heterocycles. The van der Waals surface area contributed by atoms with Crippen LogP contribution in [0.15, 0.2) is 28.1 Å². The molecule has 0 aromatic carbocycles. The van der Waals surface area contributed by atoms with Crippen molar-refractivity contribution in [1.82, 2.24) is 4.90 Å². The summed E-state index contributed by atoms with van der Waals surface area (Å²) in [4.78, 5) is 5.65. The lowest BCUT2D eigenvalue weighted by Gasteiger charge is -2.01. The molecule has 0 saturated carbocycles. The predicted molar refractivity (Wildman–Crippen MR) is 52.6 cm³/mol. The summed E-state index contributed by atoms with van der Waals surface area (Å²) in [6.07, 6.45) is 4.59. The number of nitrogens with two attached hydrogens (primary N) is 2. The summed E-state index contributed by atoms with van der Waals surface area (Å²) in [5, 5.41) is 0.179. The van der Waals surface area contributed by atoms with Crippen LogP contribution in [0.2, 0.25) is 0 Å². The third-order valence-electron chi connectivity index (χ3n) is 0.851. The van der Waals surface area contributed by atoms with Crippen molar-refractivity contribution in [2.45, 2.75) is 0 Å². The first kappa shape index (κ1) is 10.8. The van der Waals surface area contributed by atoms with E-state index in [0.717, 1.165) is 0 Å². The zero-order valence-electron chi connectivity index (χ0n) is 7.16. The van der Waals surface area contributed by atoms with Gasteiger partial charge >= 0.3 is 0 Å². The monoisotopic (exact) mass is 188 g/mol. The molecule has 0 fully saturated rings. The van der Waals surface area contributed by atoms with Crippen molar-refractivity contribution in [3.8, 4) is 0 Å². The second kappa shape index (κ2) is 5.49. The zero-order valence-corrected chi connectivity index (χ0v) is 7.92. The molecule has 0 heterocycles. The molecular weight excluding hydrogens is 176 g/mol. The SMILES string of the molecule is CN(C)/C=N/C(N)=C/C=C(\N)Cl. The Bertz CT molecular complexity index is 213. The summed E-state index contributed by atoms with van der Waals surface area (Å²) in [6.45, 7) is 0. The van der Waals surface area contributed by atoms with Crippen LogP contribution in [0.4, 0.5) is 0 Å². The summed E-state index contributed by atoms with van der Waals surface area (Å²) in [5.41, 5.74) is 10.6. The highest BCUT2D eigenvalue weighted by atomic mass is 35.5. The Morgan fingerprint density at radius 1 is 1.33 bits per heavy atom. The molecule has 4 N–H and O–H groups in total. The first-order valence-electron chi connectivity index (χ1n) is 3.31. The largest absolute Gasteiger partial charge is 0.389 e. The Hall–Kier alpha value is -1.16. The maximum absolute atomic E-state index is 5.45. The Morgan fingerprint density at radius 2 is 1.92 bits per heavy atom. The standard InChI is InChI=1S/C7H13ClN4/c1-12(2)5-11-7(10)4-3-6(8)9/h3-5H,9-10H2,1-2H3/b6-3-,7-4+,11-5+. The minimum absolute atomic E-state index is 0.179. The second-order valence-electron chi connectivity index (χ2n) is 2.35. The van der Waals surface area contributed by atoms with Crippen molar-refractivity contribution in [2.24, 2.45) is 16.5 Å². The highest BCUT2D eigenvalue weighted by Crippen LogP contribution is 1.93. The van der Waals surface area contributed by atoms with Crippen molar-refractivity contribution in [2.75, 3.05) is 14.1 Å². The third-order valence-corrected chi connectivity index (χ3v) is 0.977. The summed E-state index contributed by atoms with van der Waals surface area (Å²) < 4.78 is 0. The molecule has 0 amide bonds. The molecule has 0 aliphatic heterocycles. The van der Waals surface area contributed by atoms with Crippen LogP contribution in [0.5, 0.6) is 0 Å². The van der Waals surface area contributed by atoms with E-state index in [1.807, 2.05) is 14.1 Å². The van der Waals surface area contributed by atoms with Crippen LogP contribution >= 0.6 is 11.6 Å². The van der Waals surface area contributed by atoms with Gasteiger partial charge in [-0.25, -0.2) is 4.99 Å². The van der Waals surface area contributed by atoms with Gasteiger partial charge in [0.1, 0.15) is 5.82 Å². The fourth-order valence-electron chi connectivity index (χ4n) is 0.390. The van der Waals surface area contributed by atoms with Crippen LogP contribution in [0.1, 0.15) is 0 Å². The Morgan fingerprint density at radius 3 is 2.33 bits per heavy atom. The molecule has 0 aliphatic carbocycles. The molecule has 0 aliphatic rings. The molecule has 12 heavy (non-hydrogen) atoms. The maximum Gasteiger partial charge on any atom is 0.125 e. The lowest BCUT2D eigenvalue weighted by molar-refractivity contribution is 0.642. The van der Waals surface area contributed by atoms with E-state index in [4.69, 9.17) is 23.1 Å². The summed E-state index contributed by atoms with van der Waals surface area (Å²) in [5.74, 6) is 0.354. The Balaban J connectivity index is 4.12. The average molecular weight is 189 g/mol. The molecule has 0 bridgehead atoms. The van der Waals surface area contributed by atoms with Crippen molar-refractivity contribution in [1.29, 1.82) is 0 Å². The van der Waals surface area contributed by atoms with Crippen molar-refractivity contribution in [3.05, 3.63) is 23.1 Å². The smallest absolute Gasteiger partial charge is 0.125 e. The summed E-state index contributed by atoms with van der Waals surface area (Å²) in [7, 11) is 3.70. The van der Waals surface area contributed by atoms with Crippen LogP contribution in [0.25, 0.3) is 0 Å². The van der Waals surface area contributed by atoms with E-state index in [-0.39, 0.29) is 5.16 Å². The molecule has 5 heteroatoms. The first-order valence-corrected chi connectivity index (χ1v) is 3.69. The van der Waals surface area contributed by atoms with Crippen LogP contribution in [-0.4, -0.2) is 25.3 Å². The molecule has 0 spiro atoms. The van der Waals surface area contributed by atoms with Crippen LogP contribution in [0.3, 0.4) is 0 Å². The molecule has 0 unspecified atom stereocenters. The molecule has 0 rings (SSSR count). The van der Waals surface area contributed by atoms with E-state index in [9.17, 15) is 0 Å². The van der Waals surface area contributed by atoms with Crippen LogP contribution in [0, 0.1) is 0 Å². The van der Waals surface area contributed by atoms with Crippen molar-refractivity contribution in [3.63, 3.8) is 0 Å². The highest BCUT2D eigenvalue weighted by molar-refractivity contribution is 6.29. The Labute approximate surface area is 77.2 Å². The van der Waals surface area contributed by atoms with Gasteiger partial charge < -0.3 is 16.4 Å². The van der Waals surface area contributed by atoms with Gasteiger partial charge in [-0.05, 0) is 12.2 Å². The van der Waals surface area contributed by atoms with Crippen LogP contribution < -0.4 is 11.5 Å². The topological polar surface area (TPSA) is 67.6 Å². The first-order chi connectivity index (χ1) is 5.52. The van der Waals surface area contributed by atoms with Gasteiger partial charge in [-0.15, -0.1) is 0 Å². The lowest BCUT2D eigenvalue weighted by atomic mass is 10.5. The molecular formula is C7H13ClN4. The maximum atomic E-state index is 5.45. The normalized spacial score (nSPS) is 13.9. The molecule has 0 atom stereocenters. The minimum atomic E-state index is 0.179. The number of allylic oxidation sites excluding steroid dienone is 2. The predicted octanol–water partition coefficient (Wildman–Crippen LogP) is 0.415. The Kier molecular flexibility index (Phi) is 4.96. The van der Waals surface area contributed by atoms with Gasteiger partial charge in [0.05, 0.1) is 11.5 Å². The number of aliphatic imine (C=N–C) groups is 1. The van der Waals surface area contributed by atoms with Gasteiger partial charge in [-0.3, -0.25) is 0 Å². The van der Waals surface area contributed by atoms with Gasteiger partial charge in [0, 0.05) is 14.1 Å². The average Bonchev–Trinajstić information content (AvgIpc) is 1.96. The van der Waals surface area contributed by atoms with E-state index in [0.29, 0.717) is 5.82 Å². The van der Waals surface area contributed by atoms with Gasteiger partial charge in [-0.2, -0.15) is 0 Å². The van der Waals surface area contributed by atoms with E-state index in [1.165, 1.54) is 12.2 Å². The second-order valence-corrected chi connectivity index (χ2v) is 2.79.